The largest absolute Gasteiger partial charge is 0.478 e. The summed E-state index contributed by atoms with van der Waals surface area (Å²) in [4.78, 5) is 29.6. The van der Waals surface area contributed by atoms with Gasteiger partial charge in [-0.2, -0.15) is 0 Å². The summed E-state index contributed by atoms with van der Waals surface area (Å²) in [6.07, 6.45) is 1.71. The van der Waals surface area contributed by atoms with Crippen LogP contribution in [-0.2, 0) is 0 Å². The van der Waals surface area contributed by atoms with Crippen molar-refractivity contribution in [3.8, 4) is 11.3 Å². The lowest BCUT2D eigenvalue weighted by Gasteiger charge is -2.26. The van der Waals surface area contributed by atoms with Gasteiger partial charge in [-0.3, -0.25) is 4.98 Å². The van der Waals surface area contributed by atoms with Crippen LogP contribution in [0.15, 0.2) is 87.9 Å². The van der Waals surface area contributed by atoms with Crippen LogP contribution in [0.25, 0.3) is 11.3 Å². The fourth-order valence-electron chi connectivity index (χ4n) is 4.21. The van der Waals surface area contributed by atoms with Crippen molar-refractivity contribution >= 4 is 50.9 Å². The Hall–Kier alpha value is -4.02. The van der Waals surface area contributed by atoms with E-state index in [2.05, 4.69) is 26.2 Å². The molecule has 1 aliphatic rings. The van der Waals surface area contributed by atoms with E-state index in [1.807, 2.05) is 47.4 Å². The van der Waals surface area contributed by atoms with Gasteiger partial charge in [0.2, 0.25) is 0 Å². The van der Waals surface area contributed by atoms with Crippen LogP contribution >= 0.6 is 28.1 Å². The van der Waals surface area contributed by atoms with Crippen LogP contribution in [0.5, 0.6) is 0 Å². The number of aromatic nitrogens is 1. The summed E-state index contributed by atoms with van der Waals surface area (Å²) in [6.45, 7) is 0. The van der Waals surface area contributed by atoms with Crippen LogP contribution in [0, 0.1) is 0 Å². The molecule has 2 atom stereocenters. The van der Waals surface area contributed by atoms with Gasteiger partial charge in [-0.05, 0) is 78.9 Å². The summed E-state index contributed by atoms with van der Waals surface area (Å²) >= 11 is 9.16. The number of furan rings is 1. The minimum atomic E-state index is -1.23. The molecule has 3 N–H and O–H groups in total. The Morgan fingerprint density at radius 2 is 1.67 bits per heavy atom. The molecule has 1 aliphatic heterocycles. The fourth-order valence-corrected chi connectivity index (χ4v) is 4.82. The standard InChI is InChI=1S/C26H18BrN3O5S/c27-17-4-6-18(7-5-17)30-23(22(29-26(30)36)19-3-1-2-10-28-19)21-9-8-20(35-21)14-11-15(24(31)32)13-16(12-14)25(33)34/h1-13,22-23H,(H,29,36)(H,31,32)(H,33,34)/t22-,23-/m0/s1. The Morgan fingerprint density at radius 1 is 0.972 bits per heavy atom. The van der Waals surface area contributed by atoms with Gasteiger partial charge >= 0.3 is 11.9 Å². The number of pyridine rings is 1. The summed E-state index contributed by atoms with van der Waals surface area (Å²) < 4.78 is 7.16. The molecule has 2 aromatic heterocycles. The lowest BCUT2D eigenvalue weighted by molar-refractivity contribution is 0.0696. The Balaban J connectivity index is 1.61. The minimum absolute atomic E-state index is 0.144. The molecule has 5 rings (SSSR count). The summed E-state index contributed by atoms with van der Waals surface area (Å²) in [5, 5.41) is 22.7. The molecule has 0 aliphatic carbocycles. The van der Waals surface area contributed by atoms with Crippen LogP contribution < -0.4 is 10.2 Å². The fraction of sp³-hybridized carbons (Fsp3) is 0.0769. The van der Waals surface area contributed by atoms with E-state index in [-0.39, 0.29) is 17.2 Å². The number of nitrogens with zero attached hydrogens (tertiary/aromatic N) is 2. The molecule has 4 aromatic rings. The molecule has 1 fully saturated rings. The lowest BCUT2D eigenvalue weighted by Crippen LogP contribution is -2.29. The highest BCUT2D eigenvalue weighted by molar-refractivity contribution is 9.10. The highest BCUT2D eigenvalue weighted by Gasteiger charge is 2.42. The third-order valence-electron chi connectivity index (χ3n) is 5.83. The summed E-state index contributed by atoms with van der Waals surface area (Å²) in [6, 6.07) is 20.0. The minimum Gasteiger partial charge on any atom is -0.478 e. The van der Waals surface area contributed by atoms with Crippen molar-refractivity contribution in [3.63, 3.8) is 0 Å². The molecular weight excluding hydrogens is 546 g/mol. The van der Waals surface area contributed by atoms with Crippen molar-refractivity contribution < 1.29 is 24.2 Å². The number of carboxylic acid groups (broad SMARTS) is 2. The molecule has 180 valence electrons. The summed E-state index contributed by atoms with van der Waals surface area (Å²) in [7, 11) is 0. The molecule has 1 saturated heterocycles. The third kappa shape index (κ3) is 4.48. The van der Waals surface area contributed by atoms with Crippen LogP contribution in [0.1, 0.15) is 44.3 Å². The Morgan fingerprint density at radius 3 is 2.28 bits per heavy atom. The molecule has 0 radical (unpaired) electrons. The van der Waals surface area contributed by atoms with Crippen LogP contribution in [0.3, 0.4) is 0 Å². The highest BCUT2D eigenvalue weighted by atomic mass is 79.9. The second-order valence-electron chi connectivity index (χ2n) is 8.08. The predicted octanol–water partition coefficient (Wildman–Crippen LogP) is 5.68. The van der Waals surface area contributed by atoms with Crippen molar-refractivity contribution in [2.75, 3.05) is 4.90 Å². The van der Waals surface area contributed by atoms with Gasteiger partial charge < -0.3 is 24.8 Å². The molecule has 0 saturated carbocycles. The van der Waals surface area contributed by atoms with Crippen molar-refractivity contribution in [3.05, 3.63) is 106 Å². The number of aromatic carboxylic acids is 2. The van der Waals surface area contributed by atoms with E-state index in [1.165, 1.54) is 12.1 Å². The monoisotopic (exact) mass is 563 g/mol. The number of rotatable bonds is 6. The van der Waals surface area contributed by atoms with Crippen LogP contribution in [-0.4, -0.2) is 32.2 Å². The second kappa shape index (κ2) is 9.56. The van der Waals surface area contributed by atoms with Gasteiger partial charge in [-0.1, -0.05) is 22.0 Å². The average Bonchev–Trinajstić information content (AvgIpc) is 3.49. The number of carbonyl (C=O) groups is 2. The number of nitrogens with one attached hydrogen (secondary N) is 1. The zero-order chi connectivity index (χ0) is 25.4. The van der Waals surface area contributed by atoms with Gasteiger partial charge in [0.05, 0.1) is 22.9 Å². The smallest absolute Gasteiger partial charge is 0.335 e. The molecule has 3 heterocycles. The van der Waals surface area contributed by atoms with E-state index < -0.39 is 18.0 Å². The van der Waals surface area contributed by atoms with Gasteiger partial charge in [0, 0.05) is 21.9 Å². The number of hydrogen-bond acceptors (Lipinski definition) is 5. The Bertz CT molecular complexity index is 1440. The average molecular weight is 564 g/mol. The number of anilines is 1. The van der Waals surface area contributed by atoms with Gasteiger partial charge in [0.15, 0.2) is 5.11 Å². The Labute approximate surface area is 219 Å². The molecule has 0 amide bonds. The third-order valence-corrected chi connectivity index (χ3v) is 6.68. The van der Waals surface area contributed by atoms with E-state index in [0.29, 0.717) is 22.2 Å². The number of carboxylic acids is 2. The normalized spacial score (nSPS) is 17.1. The van der Waals surface area contributed by atoms with Crippen molar-refractivity contribution in [1.82, 2.24) is 10.3 Å². The van der Waals surface area contributed by atoms with E-state index in [1.54, 1.807) is 18.3 Å². The van der Waals surface area contributed by atoms with Gasteiger partial charge in [-0.25, -0.2) is 9.59 Å². The maximum absolute atomic E-state index is 11.6. The number of hydrogen-bond donors (Lipinski definition) is 3. The topological polar surface area (TPSA) is 116 Å². The summed E-state index contributed by atoms with van der Waals surface area (Å²) in [5.41, 5.74) is 1.67. The number of halogens is 1. The highest BCUT2D eigenvalue weighted by Crippen LogP contribution is 2.43. The molecule has 2 aromatic carbocycles. The lowest BCUT2D eigenvalue weighted by atomic mass is 10.0. The van der Waals surface area contributed by atoms with Crippen molar-refractivity contribution in [2.24, 2.45) is 0 Å². The van der Waals surface area contributed by atoms with Crippen molar-refractivity contribution in [2.45, 2.75) is 12.1 Å². The predicted molar refractivity (Wildman–Crippen MR) is 140 cm³/mol. The number of benzene rings is 2. The molecule has 0 unspecified atom stereocenters. The van der Waals surface area contributed by atoms with Crippen LogP contribution in [0.2, 0.25) is 0 Å². The maximum atomic E-state index is 11.6. The molecule has 36 heavy (non-hydrogen) atoms. The SMILES string of the molecule is O=C(O)c1cc(C(=O)O)cc(-c2ccc([C@H]3[C@H](c4ccccn4)NC(=S)N3c3ccc(Br)cc3)o2)c1. The van der Waals surface area contributed by atoms with Gasteiger partial charge in [-0.15, -0.1) is 0 Å². The molecule has 0 spiro atoms. The van der Waals surface area contributed by atoms with E-state index in [9.17, 15) is 19.8 Å². The van der Waals surface area contributed by atoms with Crippen molar-refractivity contribution in [1.29, 1.82) is 0 Å². The van der Waals surface area contributed by atoms with Gasteiger partial charge in [0.1, 0.15) is 17.6 Å². The Kier molecular flexibility index (Phi) is 6.29. The first-order chi connectivity index (χ1) is 17.3. The molecular formula is C26H18BrN3O5S. The first kappa shape index (κ1) is 23.7. The molecule has 8 nitrogen and oxygen atoms in total. The zero-order valence-electron chi connectivity index (χ0n) is 18.5. The first-order valence-corrected chi connectivity index (χ1v) is 12.0. The van der Waals surface area contributed by atoms with Crippen LogP contribution in [0.4, 0.5) is 5.69 Å². The van der Waals surface area contributed by atoms with Gasteiger partial charge in [0.25, 0.3) is 0 Å². The molecule has 10 heteroatoms. The quantitative estimate of drug-likeness (QED) is 0.255. The maximum Gasteiger partial charge on any atom is 0.335 e. The summed E-state index contributed by atoms with van der Waals surface area (Å²) in [5.74, 6) is -1.57. The van der Waals surface area contributed by atoms with E-state index in [4.69, 9.17) is 16.6 Å². The number of thiocarbonyl (C=S) groups is 1. The zero-order valence-corrected chi connectivity index (χ0v) is 20.9. The molecule has 0 bridgehead atoms. The van der Waals surface area contributed by atoms with E-state index in [0.717, 1.165) is 21.9 Å². The second-order valence-corrected chi connectivity index (χ2v) is 9.39. The van der Waals surface area contributed by atoms with E-state index >= 15 is 0 Å². The first-order valence-electron chi connectivity index (χ1n) is 10.8.